The van der Waals surface area contributed by atoms with Gasteiger partial charge in [0.1, 0.15) is 4.99 Å². The van der Waals surface area contributed by atoms with Crippen LogP contribution in [0.15, 0.2) is 18.3 Å². The molecule has 2 rings (SSSR count). The summed E-state index contributed by atoms with van der Waals surface area (Å²) in [6.07, 6.45) is 3.26. The maximum absolute atomic E-state index is 9.41. The van der Waals surface area contributed by atoms with Gasteiger partial charge in [0.15, 0.2) is 0 Å². The lowest BCUT2D eigenvalue weighted by atomic mass is 10.1. The normalized spacial score (nSPS) is 17.4. The number of rotatable bonds is 2. The number of thiocarbonyl (C=S) groups is 1. The number of nitrogens with two attached hydrogens (primary N) is 1. The lowest BCUT2D eigenvalue weighted by Gasteiger charge is -2.31. The van der Waals surface area contributed by atoms with Gasteiger partial charge in [0, 0.05) is 13.1 Å². The van der Waals surface area contributed by atoms with E-state index in [1.165, 1.54) is 0 Å². The largest absolute Gasteiger partial charge is 0.393 e. The fraction of sp³-hybridized carbons (Fsp3) is 0.455. The van der Waals surface area contributed by atoms with Gasteiger partial charge in [-0.2, -0.15) is 0 Å². The molecular formula is C11H15N3OS. The summed E-state index contributed by atoms with van der Waals surface area (Å²) in [5.74, 6) is 0. The van der Waals surface area contributed by atoms with Gasteiger partial charge in [0.2, 0.25) is 0 Å². The first kappa shape index (κ1) is 11.3. The van der Waals surface area contributed by atoms with E-state index >= 15 is 0 Å². The number of pyridine rings is 1. The van der Waals surface area contributed by atoms with E-state index in [1.807, 2.05) is 12.1 Å². The van der Waals surface area contributed by atoms with E-state index in [0.717, 1.165) is 31.6 Å². The molecule has 1 saturated heterocycles. The third-order valence-electron chi connectivity index (χ3n) is 2.83. The maximum atomic E-state index is 9.41. The van der Waals surface area contributed by atoms with Crippen molar-refractivity contribution in [2.24, 2.45) is 5.73 Å². The van der Waals surface area contributed by atoms with E-state index in [-0.39, 0.29) is 6.10 Å². The van der Waals surface area contributed by atoms with E-state index in [4.69, 9.17) is 18.0 Å². The summed E-state index contributed by atoms with van der Waals surface area (Å²) >= 11 is 4.85. The Hall–Kier alpha value is -1.20. The second-order valence-corrected chi connectivity index (χ2v) is 4.42. The van der Waals surface area contributed by atoms with Crippen molar-refractivity contribution in [3.63, 3.8) is 0 Å². The van der Waals surface area contributed by atoms with E-state index in [9.17, 15) is 5.11 Å². The lowest BCUT2D eigenvalue weighted by Crippen LogP contribution is -2.35. The number of hydrogen-bond donors (Lipinski definition) is 2. The summed E-state index contributed by atoms with van der Waals surface area (Å²) in [6.45, 7) is 1.74. The van der Waals surface area contributed by atoms with Gasteiger partial charge in [-0.25, -0.2) is 0 Å². The fourth-order valence-electron chi connectivity index (χ4n) is 1.84. The predicted octanol–water partition coefficient (Wildman–Crippen LogP) is 0.677. The van der Waals surface area contributed by atoms with Crippen LogP contribution < -0.4 is 10.6 Å². The standard InChI is InChI=1S/C11H15N3OS/c12-11(16)10-2-1-8(7-13-10)14-5-3-9(15)4-6-14/h1-2,7,9,15H,3-6H2,(H2,12,16). The van der Waals surface area contributed by atoms with Crippen LogP contribution in [0.3, 0.4) is 0 Å². The average molecular weight is 237 g/mol. The molecule has 1 aromatic heterocycles. The van der Waals surface area contributed by atoms with E-state index in [2.05, 4.69) is 9.88 Å². The van der Waals surface area contributed by atoms with Gasteiger partial charge in [-0.15, -0.1) is 0 Å². The van der Waals surface area contributed by atoms with Crippen LogP contribution in [-0.2, 0) is 0 Å². The Balaban J connectivity index is 2.07. The zero-order chi connectivity index (χ0) is 11.5. The van der Waals surface area contributed by atoms with Crippen molar-refractivity contribution in [1.82, 2.24) is 4.98 Å². The number of nitrogens with zero attached hydrogens (tertiary/aromatic N) is 2. The summed E-state index contributed by atoms with van der Waals surface area (Å²) in [5, 5.41) is 9.41. The third kappa shape index (κ3) is 2.48. The van der Waals surface area contributed by atoms with Crippen LogP contribution in [0, 0.1) is 0 Å². The Morgan fingerprint density at radius 1 is 1.44 bits per heavy atom. The molecule has 16 heavy (non-hydrogen) atoms. The molecule has 1 fully saturated rings. The number of anilines is 1. The van der Waals surface area contributed by atoms with E-state index in [0.29, 0.717) is 10.7 Å². The summed E-state index contributed by atoms with van der Waals surface area (Å²) in [4.78, 5) is 6.73. The maximum Gasteiger partial charge on any atom is 0.122 e. The zero-order valence-electron chi connectivity index (χ0n) is 8.97. The molecule has 0 amide bonds. The minimum atomic E-state index is -0.153. The van der Waals surface area contributed by atoms with Crippen molar-refractivity contribution in [3.05, 3.63) is 24.0 Å². The molecule has 0 atom stereocenters. The third-order valence-corrected chi connectivity index (χ3v) is 3.04. The predicted molar refractivity (Wildman–Crippen MR) is 67.6 cm³/mol. The number of aliphatic hydroxyl groups excluding tert-OH is 1. The molecule has 1 aromatic rings. The molecule has 1 aliphatic rings. The smallest absolute Gasteiger partial charge is 0.122 e. The molecule has 0 aromatic carbocycles. The van der Waals surface area contributed by atoms with Crippen molar-refractivity contribution in [1.29, 1.82) is 0 Å². The molecule has 2 heterocycles. The molecule has 5 heteroatoms. The molecule has 1 aliphatic heterocycles. The Morgan fingerprint density at radius 3 is 2.62 bits per heavy atom. The second kappa shape index (κ2) is 4.76. The molecule has 86 valence electrons. The van der Waals surface area contributed by atoms with Crippen LogP contribution in [-0.4, -0.2) is 34.3 Å². The number of aromatic nitrogens is 1. The van der Waals surface area contributed by atoms with Crippen LogP contribution in [0.1, 0.15) is 18.5 Å². The van der Waals surface area contributed by atoms with Gasteiger partial charge in [-0.05, 0) is 25.0 Å². The van der Waals surface area contributed by atoms with Crippen LogP contribution >= 0.6 is 12.2 Å². The van der Waals surface area contributed by atoms with Gasteiger partial charge in [-0.3, -0.25) is 4.98 Å². The molecule has 0 saturated carbocycles. The number of piperidine rings is 1. The summed E-state index contributed by atoms with van der Waals surface area (Å²) in [6, 6.07) is 3.81. The highest BCUT2D eigenvalue weighted by molar-refractivity contribution is 7.80. The summed E-state index contributed by atoms with van der Waals surface area (Å²) in [7, 11) is 0. The van der Waals surface area contributed by atoms with Crippen molar-refractivity contribution in [3.8, 4) is 0 Å². The van der Waals surface area contributed by atoms with Crippen LogP contribution in [0.4, 0.5) is 5.69 Å². The molecule has 4 nitrogen and oxygen atoms in total. The van der Waals surface area contributed by atoms with Crippen LogP contribution in [0.2, 0.25) is 0 Å². The highest BCUT2D eigenvalue weighted by Crippen LogP contribution is 2.19. The molecule has 0 unspecified atom stereocenters. The monoisotopic (exact) mass is 237 g/mol. The minimum Gasteiger partial charge on any atom is -0.393 e. The van der Waals surface area contributed by atoms with Crippen molar-refractivity contribution < 1.29 is 5.11 Å². The second-order valence-electron chi connectivity index (χ2n) is 3.98. The Bertz CT molecular complexity index is 371. The number of hydrogen-bond acceptors (Lipinski definition) is 4. The average Bonchev–Trinajstić information content (AvgIpc) is 2.30. The molecular weight excluding hydrogens is 222 g/mol. The van der Waals surface area contributed by atoms with Crippen molar-refractivity contribution >= 4 is 22.9 Å². The first-order chi connectivity index (χ1) is 7.66. The molecule has 0 aliphatic carbocycles. The van der Waals surface area contributed by atoms with E-state index < -0.39 is 0 Å². The van der Waals surface area contributed by atoms with Gasteiger partial charge in [0.25, 0.3) is 0 Å². The Labute approximate surface area is 100 Å². The van der Waals surface area contributed by atoms with E-state index in [1.54, 1.807) is 6.20 Å². The lowest BCUT2D eigenvalue weighted by molar-refractivity contribution is 0.145. The summed E-state index contributed by atoms with van der Waals surface area (Å²) < 4.78 is 0. The van der Waals surface area contributed by atoms with Gasteiger partial charge < -0.3 is 15.7 Å². The van der Waals surface area contributed by atoms with Crippen molar-refractivity contribution in [2.45, 2.75) is 18.9 Å². The molecule has 3 N–H and O–H groups in total. The topological polar surface area (TPSA) is 62.4 Å². The quantitative estimate of drug-likeness (QED) is 0.741. The molecule has 0 spiro atoms. The zero-order valence-corrected chi connectivity index (χ0v) is 9.78. The first-order valence-electron chi connectivity index (χ1n) is 5.35. The first-order valence-corrected chi connectivity index (χ1v) is 5.76. The molecule has 0 radical (unpaired) electrons. The minimum absolute atomic E-state index is 0.153. The summed E-state index contributed by atoms with van der Waals surface area (Å²) in [5.41, 5.74) is 7.19. The highest BCUT2D eigenvalue weighted by atomic mass is 32.1. The number of aliphatic hydroxyl groups is 1. The Kier molecular flexibility index (Phi) is 3.36. The van der Waals surface area contributed by atoms with Crippen molar-refractivity contribution in [2.75, 3.05) is 18.0 Å². The van der Waals surface area contributed by atoms with Crippen LogP contribution in [0.25, 0.3) is 0 Å². The van der Waals surface area contributed by atoms with Gasteiger partial charge in [-0.1, -0.05) is 12.2 Å². The van der Waals surface area contributed by atoms with Gasteiger partial charge >= 0.3 is 0 Å². The Morgan fingerprint density at radius 2 is 2.12 bits per heavy atom. The van der Waals surface area contributed by atoms with Crippen LogP contribution in [0.5, 0.6) is 0 Å². The fourth-order valence-corrected chi connectivity index (χ4v) is 1.96. The molecule has 0 bridgehead atoms. The highest BCUT2D eigenvalue weighted by Gasteiger charge is 2.17. The van der Waals surface area contributed by atoms with Gasteiger partial charge in [0.05, 0.1) is 23.7 Å². The SMILES string of the molecule is NC(=S)c1ccc(N2CCC(O)CC2)cn1.